The summed E-state index contributed by atoms with van der Waals surface area (Å²) in [4.78, 5) is 10.3. The third-order valence-electron chi connectivity index (χ3n) is 2.17. The Labute approximate surface area is 81.5 Å². The van der Waals surface area contributed by atoms with E-state index in [9.17, 15) is 4.79 Å². The predicted molar refractivity (Wildman–Crippen MR) is 51.8 cm³/mol. The van der Waals surface area contributed by atoms with Gasteiger partial charge in [-0.3, -0.25) is 0 Å². The van der Waals surface area contributed by atoms with Gasteiger partial charge in [0, 0.05) is 17.8 Å². The zero-order valence-corrected chi connectivity index (χ0v) is 7.62. The highest BCUT2D eigenvalue weighted by atomic mass is 16.5. The molecule has 0 amide bonds. The van der Waals surface area contributed by atoms with E-state index < -0.39 is 5.97 Å². The lowest BCUT2D eigenvalue weighted by atomic mass is 10.1. The molecule has 0 radical (unpaired) electrons. The van der Waals surface area contributed by atoms with Crippen LogP contribution in [0.2, 0.25) is 0 Å². The van der Waals surface area contributed by atoms with Crippen molar-refractivity contribution in [3.63, 3.8) is 0 Å². The van der Waals surface area contributed by atoms with E-state index in [0.29, 0.717) is 5.75 Å². The Morgan fingerprint density at radius 2 is 2.43 bits per heavy atom. The van der Waals surface area contributed by atoms with Crippen LogP contribution in [-0.4, -0.2) is 24.2 Å². The molecule has 0 saturated carbocycles. The van der Waals surface area contributed by atoms with Gasteiger partial charge in [-0.05, 0) is 18.6 Å². The second-order valence-corrected chi connectivity index (χ2v) is 3.14. The van der Waals surface area contributed by atoms with Crippen molar-refractivity contribution in [1.82, 2.24) is 0 Å². The second kappa shape index (κ2) is 3.57. The van der Waals surface area contributed by atoms with E-state index in [-0.39, 0.29) is 6.61 Å². The van der Waals surface area contributed by atoms with Gasteiger partial charge in [-0.2, -0.15) is 0 Å². The van der Waals surface area contributed by atoms with E-state index in [1.165, 1.54) is 0 Å². The first-order valence-electron chi connectivity index (χ1n) is 4.48. The van der Waals surface area contributed by atoms with Gasteiger partial charge in [0.05, 0.1) is 0 Å². The number of hydrogen-bond donors (Lipinski definition) is 2. The molecule has 4 heteroatoms. The third kappa shape index (κ3) is 1.64. The molecular weight excluding hydrogens is 182 g/mol. The first kappa shape index (κ1) is 8.87. The summed E-state index contributed by atoms with van der Waals surface area (Å²) in [7, 11) is 0. The molecule has 0 aromatic heterocycles. The van der Waals surface area contributed by atoms with Crippen molar-refractivity contribution in [2.45, 2.75) is 6.42 Å². The molecule has 4 nitrogen and oxygen atoms in total. The summed E-state index contributed by atoms with van der Waals surface area (Å²) >= 11 is 0. The highest BCUT2D eigenvalue weighted by Gasteiger charge is 2.14. The number of carboxylic acid groups (broad SMARTS) is 1. The molecule has 1 aliphatic rings. The van der Waals surface area contributed by atoms with Crippen molar-refractivity contribution < 1.29 is 14.6 Å². The molecule has 0 spiro atoms. The molecular formula is C10H11NO3. The molecule has 1 aromatic rings. The summed E-state index contributed by atoms with van der Waals surface area (Å²) in [6.45, 7) is 0.610. The number of carboxylic acids is 1. The Kier molecular flexibility index (Phi) is 2.26. The Morgan fingerprint density at radius 3 is 3.21 bits per heavy atom. The summed E-state index contributed by atoms with van der Waals surface area (Å²) in [5.74, 6) is -0.275. The van der Waals surface area contributed by atoms with Crippen molar-refractivity contribution in [1.29, 1.82) is 0 Å². The minimum atomic E-state index is -0.950. The molecule has 0 unspecified atom stereocenters. The second-order valence-electron chi connectivity index (χ2n) is 3.14. The van der Waals surface area contributed by atoms with Crippen molar-refractivity contribution >= 4 is 11.7 Å². The number of fused-ring (bicyclic) bond motifs is 1. The van der Waals surface area contributed by atoms with Crippen LogP contribution in [0.1, 0.15) is 5.56 Å². The quantitative estimate of drug-likeness (QED) is 0.755. The normalized spacial score (nSPS) is 13.1. The van der Waals surface area contributed by atoms with Crippen LogP contribution in [0.25, 0.3) is 0 Å². The van der Waals surface area contributed by atoms with Crippen LogP contribution in [0.3, 0.4) is 0 Å². The summed E-state index contributed by atoms with van der Waals surface area (Å²) in [5.41, 5.74) is 2.13. The van der Waals surface area contributed by atoms with Crippen LogP contribution in [0.5, 0.6) is 5.75 Å². The average molecular weight is 193 g/mol. The first-order valence-corrected chi connectivity index (χ1v) is 4.48. The van der Waals surface area contributed by atoms with E-state index >= 15 is 0 Å². The number of hydrogen-bond acceptors (Lipinski definition) is 3. The number of benzene rings is 1. The molecule has 0 atom stereocenters. The van der Waals surface area contributed by atoms with Gasteiger partial charge in [0.15, 0.2) is 6.61 Å². The van der Waals surface area contributed by atoms with E-state index in [0.717, 1.165) is 24.2 Å². The van der Waals surface area contributed by atoms with E-state index in [1.54, 1.807) is 6.07 Å². The van der Waals surface area contributed by atoms with Crippen LogP contribution >= 0.6 is 0 Å². The average Bonchev–Trinajstić information content (AvgIpc) is 2.62. The molecule has 0 fully saturated rings. The first-order chi connectivity index (χ1) is 6.77. The zero-order chi connectivity index (χ0) is 9.97. The van der Waals surface area contributed by atoms with Crippen LogP contribution in [-0.2, 0) is 11.2 Å². The predicted octanol–water partition coefficient (Wildman–Crippen LogP) is 1.12. The van der Waals surface area contributed by atoms with Gasteiger partial charge in [-0.25, -0.2) is 4.79 Å². The fourth-order valence-corrected chi connectivity index (χ4v) is 1.59. The number of rotatable bonds is 3. The Hall–Kier alpha value is -1.71. The molecule has 1 aromatic carbocycles. The monoisotopic (exact) mass is 193 g/mol. The number of nitrogens with one attached hydrogen (secondary N) is 1. The molecule has 2 N–H and O–H groups in total. The van der Waals surface area contributed by atoms with E-state index in [1.807, 2.05) is 12.1 Å². The molecule has 1 heterocycles. The summed E-state index contributed by atoms with van der Waals surface area (Å²) < 4.78 is 5.17. The Balaban J connectivity index is 2.17. The highest BCUT2D eigenvalue weighted by Crippen LogP contribution is 2.30. The minimum absolute atomic E-state index is 0.281. The fraction of sp³-hybridized carbons (Fsp3) is 0.300. The molecule has 1 aliphatic heterocycles. The van der Waals surface area contributed by atoms with Crippen LogP contribution < -0.4 is 10.1 Å². The lowest BCUT2D eigenvalue weighted by Crippen LogP contribution is -2.10. The number of carbonyl (C=O) groups is 1. The summed E-state index contributed by atoms with van der Waals surface area (Å²) in [6, 6.07) is 5.62. The maximum atomic E-state index is 10.3. The molecule has 2 rings (SSSR count). The van der Waals surface area contributed by atoms with Crippen molar-refractivity contribution in [2.24, 2.45) is 0 Å². The van der Waals surface area contributed by atoms with Crippen molar-refractivity contribution in [2.75, 3.05) is 18.5 Å². The van der Waals surface area contributed by atoms with Gasteiger partial charge in [0.2, 0.25) is 0 Å². The van der Waals surface area contributed by atoms with Gasteiger partial charge in [0.25, 0.3) is 0 Å². The zero-order valence-electron chi connectivity index (χ0n) is 7.62. The number of aliphatic carboxylic acids is 1. The summed E-state index contributed by atoms with van der Waals surface area (Å²) in [5, 5.41) is 11.7. The smallest absolute Gasteiger partial charge is 0.341 e. The SMILES string of the molecule is O=C(O)COc1cccc2c1CCN2. The van der Waals surface area contributed by atoms with Crippen LogP contribution in [0.15, 0.2) is 18.2 Å². The lowest BCUT2D eigenvalue weighted by Gasteiger charge is -2.07. The largest absolute Gasteiger partial charge is 0.482 e. The highest BCUT2D eigenvalue weighted by molar-refractivity contribution is 5.69. The van der Waals surface area contributed by atoms with Gasteiger partial charge in [0.1, 0.15) is 5.75 Å². The van der Waals surface area contributed by atoms with Crippen molar-refractivity contribution in [3.05, 3.63) is 23.8 Å². The van der Waals surface area contributed by atoms with E-state index in [2.05, 4.69) is 5.32 Å². The minimum Gasteiger partial charge on any atom is -0.482 e. The summed E-state index contributed by atoms with van der Waals surface area (Å²) in [6.07, 6.45) is 0.894. The molecule has 74 valence electrons. The topological polar surface area (TPSA) is 58.6 Å². The molecule has 0 aliphatic carbocycles. The molecule has 0 bridgehead atoms. The molecule has 0 saturated heterocycles. The van der Waals surface area contributed by atoms with Gasteiger partial charge < -0.3 is 15.2 Å². The molecule has 14 heavy (non-hydrogen) atoms. The third-order valence-corrected chi connectivity index (χ3v) is 2.17. The Morgan fingerprint density at radius 1 is 1.57 bits per heavy atom. The van der Waals surface area contributed by atoms with Crippen molar-refractivity contribution in [3.8, 4) is 5.75 Å². The van der Waals surface area contributed by atoms with Gasteiger partial charge >= 0.3 is 5.97 Å². The lowest BCUT2D eigenvalue weighted by molar-refractivity contribution is -0.139. The maximum Gasteiger partial charge on any atom is 0.341 e. The number of anilines is 1. The van der Waals surface area contributed by atoms with Gasteiger partial charge in [-0.15, -0.1) is 0 Å². The van der Waals surface area contributed by atoms with Crippen LogP contribution in [0.4, 0.5) is 5.69 Å². The maximum absolute atomic E-state index is 10.3. The Bertz CT molecular complexity index is 362. The van der Waals surface area contributed by atoms with Crippen LogP contribution in [0, 0.1) is 0 Å². The standard InChI is InChI=1S/C10H11NO3/c12-10(13)6-14-9-3-1-2-8-7(9)4-5-11-8/h1-3,11H,4-6H2,(H,12,13). The van der Waals surface area contributed by atoms with Gasteiger partial charge in [-0.1, -0.05) is 6.07 Å². The number of ether oxygens (including phenoxy) is 1. The fourth-order valence-electron chi connectivity index (χ4n) is 1.59. The van der Waals surface area contributed by atoms with E-state index in [4.69, 9.17) is 9.84 Å².